The average Bonchev–Trinajstić information content (AvgIpc) is 2.54. The van der Waals surface area contributed by atoms with Crippen molar-refractivity contribution in [2.75, 3.05) is 40.9 Å². The van der Waals surface area contributed by atoms with E-state index < -0.39 is 20.0 Å². The molecule has 0 rings (SSSR count). The Balaban J connectivity index is 4.74. The van der Waals surface area contributed by atoms with Crippen LogP contribution in [0.5, 0.6) is 0 Å². The van der Waals surface area contributed by atoms with Gasteiger partial charge in [-0.05, 0) is 12.8 Å². The number of unbranched alkanes of at least 4 members (excludes halogenated alkanes) is 2. The molecule has 0 saturated heterocycles. The van der Waals surface area contributed by atoms with Crippen LogP contribution in [0.15, 0.2) is 12.2 Å². The maximum absolute atomic E-state index is 12.0. The van der Waals surface area contributed by atoms with E-state index >= 15 is 0 Å². The number of hydrogen-bond donors (Lipinski definition) is 3. The molecule has 3 unspecified atom stereocenters. The topological polar surface area (TPSA) is 105 Å². The number of quaternary nitrogens is 1. The Hall–Kier alpha value is -0.760. The second-order valence-electron chi connectivity index (χ2n) is 7.60. The second-order valence-corrected chi connectivity index (χ2v) is 9.05. The summed E-state index contributed by atoms with van der Waals surface area (Å²) in [5.41, 5.74) is 0. The normalized spacial score (nSPS) is 16.9. The van der Waals surface area contributed by atoms with Crippen molar-refractivity contribution in [3.05, 3.63) is 12.2 Å². The first-order valence-electron chi connectivity index (χ1n) is 9.57. The average molecular weight is 409 g/mol. The maximum atomic E-state index is 12.0. The molecule has 3 N–H and O–H groups in total. The van der Waals surface area contributed by atoms with Crippen molar-refractivity contribution >= 4 is 13.7 Å². The number of nitrogens with one attached hydrogen (secondary N) is 1. The predicted octanol–water partition coefficient (Wildman–Crippen LogP) is 2.22. The van der Waals surface area contributed by atoms with Crippen molar-refractivity contribution in [2.45, 2.75) is 58.1 Å². The van der Waals surface area contributed by atoms with Crippen molar-refractivity contribution in [1.82, 2.24) is 5.32 Å². The van der Waals surface area contributed by atoms with Gasteiger partial charge in [0.25, 0.3) is 0 Å². The van der Waals surface area contributed by atoms with Crippen LogP contribution in [-0.2, 0) is 18.4 Å². The molecule has 160 valence electrons. The van der Waals surface area contributed by atoms with Gasteiger partial charge in [-0.15, -0.1) is 0 Å². The van der Waals surface area contributed by atoms with Gasteiger partial charge in [-0.2, -0.15) is 0 Å². The van der Waals surface area contributed by atoms with Gasteiger partial charge in [-0.25, -0.2) is 4.57 Å². The van der Waals surface area contributed by atoms with Crippen LogP contribution in [0.3, 0.4) is 0 Å². The van der Waals surface area contributed by atoms with E-state index in [0.29, 0.717) is 23.9 Å². The van der Waals surface area contributed by atoms with Crippen LogP contribution in [-0.4, -0.2) is 73.4 Å². The molecule has 1 amide bonds. The Morgan fingerprint density at radius 3 is 2.44 bits per heavy atom. The number of carbonyl (C=O) groups is 1. The van der Waals surface area contributed by atoms with Crippen molar-refractivity contribution in [3.63, 3.8) is 0 Å². The highest BCUT2D eigenvalue weighted by atomic mass is 31.2. The molecule has 8 nitrogen and oxygen atoms in total. The van der Waals surface area contributed by atoms with E-state index in [4.69, 9.17) is 9.05 Å². The molecule has 0 aliphatic carbocycles. The molecule has 0 aliphatic rings. The van der Waals surface area contributed by atoms with Gasteiger partial charge in [0.2, 0.25) is 5.91 Å². The number of rotatable bonds is 15. The van der Waals surface area contributed by atoms with Crippen LogP contribution in [0, 0.1) is 0 Å². The molecule has 0 radical (unpaired) electrons. The molecule has 0 spiro atoms. The summed E-state index contributed by atoms with van der Waals surface area (Å²) in [6, 6.07) is -0.829. The highest BCUT2D eigenvalue weighted by Gasteiger charge is 2.27. The van der Waals surface area contributed by atoms with Crippen LogP contribution in [0.1, 0.15) is 46.0 Å². The molecule has 0 aliphatic heterocycles. The summed E-state index contributed by atoms with van der Waals surface area (Å²) in [6.07, 6.45) is 6.22. The number of nitrogens with zero attached hydrogens (tertiary/aromatic N) is 1. The third-order valence-corrected chi connectivity index (χ3v) is 4.71. The number of carbonyl (C=O) groups excluding carboxylic acids is 1. The van der Waals surface area contributed by atoms with Gasteiger partial charge in [-0.3, -0.25) is 13.8 Å². The summed E-state index contributed by atoms with van der Waals surface area (Å²) in [5, 5.41) is 13.0. The minimum atomic E-state index is -4.26. The summed E-state index contributed by atoms with van der Waals surface area (Å²) in [7, 11) is 1.55. The molecule has 0 aromatic carbocycles. The smallest absolute Gasteiger partial charge is 0.387 e. The van der Waals surface area contributed by atoms with E-state index in [2.05, 4.69) is 12.2 Å². The SMILES string of the molecule is CCCC/C=C/C(O)C(COP(=O)(O)OCC[N+](C)(C)C)NC(=O)CCC. The predicted molar refractivity (Wildman–Crippen MR) is 106 cm³/mol. The molecule has 0 saturated carbocycles. The Morgan fingerprint density at radius 1 is 1.22 bits per heavy atom. The number of amides is 1. The lowest BCUT2D eigenvalue weighted by molar-refractivity contribution is -0.870. The Kier molecular flexibility index (Phi) is 13.0. The summed E-state index contributed by atoms with van der Waals surface area (Å²) in [6.45, 7) is 4.21. The Bertz CT molecular complexity index is 493. The molecule has 3 atom stereocenters. The van der Waals surface area contributed by atoms with Gasteiger partial charge in [-0.1, -0.05) is 38.8 Å². The minimum absolute atomic E-state index is 0.0591. The fourth-order valence-electron chi connectivity index (χ4n) is 2.07. The van der Waals surface area contributed by atoms with Gasteiger partial charge in [0.05, 0.1) is 39.9 Å². The van der Waals surface area contributed by atoms with Crippen LogP contribution in [0.25, 0.3) is 0 Å². The lowest BCUT2D eigenvalue weighted by Gasteiger charge is -2.25. The third-order valence-electron chi connectivity index (χ3n) is 3.73. The standard InChI is InChI=1S/C18H37N2O6P/c1-6-8-9-10-12-17(21)16(19-18(22)11-7-2)15-26-27(23,24)25-14-13-20(3,4)5/h10,12,16-17,21H,6-9,11,13-15H2,1-5H3,(H-,19,22,23,24)/p+1/b12-10+. The number of aliphatic hydroxyl groups is 1. The summed E-state index contributed by atoms with van der Waals surface area (Å²) >= 11 is 0. The van der Waals surface area contributed by atoms with Crippen molar-refractivity contribution in [1.29, 1.82) is 0 Å². The van der Waals surface area contributed by atoms with Crippen molar-refractivity contribution < 1.29 is 32.9 Å². The number of phosphoric ester groups is 1. The van der Waals surface area contributed by atoms with Gasteiger partial charge >= 0.3 is 7.82 Å². The van der Waals surface area contributed by atoms with Crippen LogP contribution < -0.4 is 5.32 Å². The largest absolute Gasteiger partial charge is 0.472 e. The van der Waals surface area contributed by atoms with E-state index in [1.807, 2.05) is 34.1 Å². The summed E-state index contributed by atoms with van der Waals surface area (Å²) in [5.74, 6) is -0.245. The van der Waals surface area contributed by atoms with Crippen LogP contribution in [0.2, 0.25) is 0 Å². The zero-order valence-corrected chi connectivity index (χ0v) is 18.3. The van der Waals surface area contributed by atoms with E-state index in [0.717, 1.165) is 19.3 Å². The van der Waals surface area contributed by atoms with E-state index in [1.54, 1.807) is 6.08 Å². The molecule has 27 heavy (non-hydrogen) atoms. The Labute approximate surface area is 163 Å². The van der Waals surface area contributed by atoms with Gasteiger partial charge in [0.1, 0.15) is 13.2 Å². The first-order valence-corrected chi connectivity index (χ1v) is 11.1. The van der Waals surface area contributed by atoms with E-state index in [9.17, 15) is 19.4 Å². The number of likely N-dealkylation sites (N-methyl/N-ethyl adjacent to an activating group) is 1. The summed E-state index contributed by atoms with van der Waals surface area (Å²) in [4.78, 5) is 21.7. The molecule has 0 aromatic rings. The zero-order valence-electron chi connectivity index (χ0n) is 17.4. The van der Waals surface area contributed by atoms with Crippen molar-refractivity contribution in [2.24, 2.45) is 0 Å². The first-order chi connectivity index (χ1) is 12.5. The van der Waals surface area contributed by atoms with E-state index in [-0.39, 0.29) is 19.1 Å². The number of phosphoric acid groups is 1. The minimum Gasteiger partial charge on any atom is -0.387 e. The monoisotopic (exact) mass is 409 g/mol. The molecule has 0 heterocycles. The van der Waals surface area contributed by atoms with Crippen LogP contribution in [0.4, 0.5) is 0 Å². The highest BCUT2D eigenvalue weighted by Crippen LogP contribution is 2.43. The summed E-state index contributed by atoms with van der Waals surface area (Å²) < 4.78 is 22.6. The molecule has 0 fully saturated rings. The fraction of sp³-hybridized carbons (Fsp3) is 0.833. The lowest BCUT2D eigenvalue weighted by atomic mass is 10.1. The first kappa shape index (κ1) is 26.2. The molecule has 0 bridgehead atoms. The van der Waals surface area contributed by atoms with Gasteiger partial charge in [0.15, 0.2) is 0 Å². The molecular weight excluding hydrogens is 371 g/mol. The quantitative estimate of drug-likeness (QED) is 0.166. The number of allylic oxidation sites excluding steroid dienone is 1. The number of aliphatic hydroxyl groups excluding tert-OH is 1. The highest BCUT2D eigenvalue weighted by molar-refractivity contribution is 7.47. The molecule has 9 heteroatoms. The molecular formula is C18H38N2O6P+. The van der Waals surface area contributed by atoms with Crippen molar-refractivity contribution in [3.8, 4) is 0 Å². The van der Waals surface area contributed by atoms with E-state index in [1.165, 1.54) is 0 Å². The maximum Gasteiger partial charge on any atom is 0.472 e. The fourth-order valence-corrected chi connectivity index (χ4v) is 2.80. The Morgan fingerprint density at radius 2 is 1.89 bits per heavy atom. The lowest BCUT2D eigenvalue weighted by Crippen LogP contribution is -2.45. The van der Waals surface area contributed by atoms with Crippen LogP contribution >= 0.6 is 7.82 Å². The molecule has 0 aromatic heterocycles. The zero-order chi connectivity index (χ0) is 20.9. The number of hydrogen-bond acceptors (Lipinski definition) is 5. The second kappa shape index (κ2) is 13.4. The third kappa shape index (κ3) is 14.9. The van der Waals surface area contributed by atoms with Gasteiger partial charge < -0.3 is 19.8 Å². The van der Waals surface area contributed by atoms with Gasteiger partial charge in [0, 0.05) is 6.42 Å².